The van der Waals surface area contributed by atoms with Crippen LogP contribution in [0.1, 0.15) is 16.7 Å². The molecule has 0 saturated carbocycles. The van der Waals surface area contributed by atoms with Gasteiger partial charge in [0.05, 0.1) is 7.11 Å². The number of benzene rings is 4. The van der Waals surface area contributed by atoms with Crippen molar-refractivity contribution in [1.29, 1.82) is 0 Å². The summed E-state index contributed by atoms with van der Waals surface area (Å²) in [6, 6.07) is 35.1. The van der Waals surface area contributed by atoms with Crippen LogP contribution < -0.4 is 14.8 Å². The third-order valence-electron chi connectivity index (χ3n) is 5.39. The Hall–Kier alpha value is -4.25. The normalized spacial score (nSPS) is 10.4. The molecular formula is C29H28N2O3. The summed E-state index contributed by atoms with van der Waals surface area (Å²) in [7, 11) is 1.62. The van der Waals surface area contributed by atoms with E-state index in [1.807, 2.05) is 109 Å². The van der Waals surface area contributed by atoms with Crippen molar-refractivity contribution < 1.29 is 14.3 Å². The summed E-state index contributed by atoms with van der Waals surface area (Å²) in [5.74, 6) is 1.54. The van der Waals surface area contributed by atoms with Gasteiger partial charge in [-0.2, -0.15) is 0 Å². The van der Waals surface area contributed by atoms with Gasteiger partial charge in [0, 0.05) is 18.8 Å². The predicted octanol–water partition coefficient (Wildman–Crippen LogP) is 6.51. The Morgan fingerprint density at radius 2 is 1.21 bits per heavy atom. The zero-order valence-corrected chi connectivity index (χ0v) is 19.2. The fraction of sp³-hybridized carbons (Fsp3) is 0.138. The highest BCUT2D eigenvalue weighted by atomic mass is 16.5. The molecule has 0 unspecified atom stereocenters. The molecule has 4 aromatic carbocycles. The molecule has 0 aliphatic heterocycles. The lowest BCUT2D eigenvalue weighted by molar-refractivity contribution is 0.206. The Bertz CT molecular complexity index is 1160. The number of ether oxygens (including phenoxy) is 2. The first-order valence-electron chi connectivity index (χ1n) is 11.2. The van der Waals surface area contributed by atoms with E-state index in [1.165, 1.54) is 0 Å². The largest absolute Gasteiger partial charge is 0.497 e. The standard InChI is InChI=1S/C29H28N2O3/c1-33-27-18-14-26(15-19-27)30-29(32)31(20-23-8-4-2-5-9-23)21-24-12-16-28(17-13-24)34-22-25-10-6-3-7-11-25/h2-19H,20-22H2,1H3,(H,30,32). The molecule has 4 rings (SSSR count). The van der Waals surface area contributed by atoms with E-state index in [2.05, 4.69) is 5.32 Å². The van der Waals surface area contributed by atoms with Gasteiger partial charge in [0.1, 0.15) is 18.1 Å². The zero-order chi connectivity index (χ0) is 23.6. The van der Waals surface area contributed by atoms with Crippen LogP contribution in [-0.2, 0) is 19.7 Å². The molecule has 5 nitrogen and oxygen atoms in total. The topological polar surface area (TPSA) is 50.8 Å². The summed E-state index contributed by atoms with van der Waals surface area (Å²) >= 11 is 0. The van der Waals surface area contributed by atoms with Crippen molar-refractivity contribution in [2.75, 3.05) is 12.4 Å². The number of nitrogens with zero attached hydrogens (tertiary/aromatic N) is 1. The van der Waals surface area contributed by atoms with E-state index in [4.69, 9.17) is 9.47 Å². The van der Waals surface area contributed by atoms with Crippen LogP contribution in [-0.4, -0.2) is 18.0 Å². The van der Waals surface area contributed by atoms with Gasteiger partial charge in [0.2, 0.25) is 0 Å². The highest BCUT2D eigenvalue weighted by molar-refractivity contribution is 5.89. The summed E-state index contributed by atoms with van der Waals surface area (Å²) in [5, 5.41) is 2.99. The minimum atomic E-state index is -0.168. The van der Waals surface area contributed by atoms with E-state index in [-0.39, 0.29) is 6.03 Å². The maximum Gasteiger partial charge on any atom is 0.322 e. The minimum Gasteiger partial charge on any atom is -0.497 e. The van der Waals surface area contributed by atoms with E-state index in [9.17, 15) is 4.79 Å². The number of hydrogen-bond acceptors (Lipinski definition) is 3. The summed E-state index contributed by atoms with van der Waals surface area (Å²) in [5.41, 5.74) is 3.92. The molecule has 0 heterocycles. The van der Waals surface area contributed by atoms with Gasteiger partial charge in [-0.05, 0) is 53.1 Å². The second kappa shape index (κ2) is 11.6. The summed E-state index contributed by atoms with van der Waals surface area (Å²) in [6.07, 6.45) is 0. The minimum absolute atomic E-state index is 0.168. The van der Waals surface area contributed by atoms with E-state index in [0.717, 1.165) is 28.2 Å². The van der Waals surface area contributed by atoms with E-state index >= 15 is 0 Å². The molecule has 5 heteroatoms. The summed E-state index contributed by atoms with van der Waals surface area (Å²) in [4.78, 5) is 15.0. The van der Waals surface area contributed by atoms with Crippen LogP contribution in [0.25, 0.3) is 0 Å². The first-order valence-corrected chi connectivity index (χ1v) is 11.2. The number of anilines is 1. The predicted molar refractivity (Wildman–Crippen MR) is 135 cm³/mol. The molecule has 0 saturated heterocycles. The molecule has 0 aromatic heterocycles. The van der Waals surface area contributed by atoms with Gasteiger partial charge >= 0.3 is 6.03 Å². The lowest BCUT2D eigenvalue weighted by Gasteiger charge is -2.24. The van der Waals surface area contributed by atoms with E-state index in [0.29, 0.717) is 25.4 Å². The maximum absolute atomic E-state index is 13.2. The average Bonchev–Trinajstić information content (AvgIpc) is 2.89. The van der Waals surface area contributed by atoms with E-state index < -0.39 is 0 Å². The number of methoxy groups -OCH3 is 1. The van der Waals surface area contributed by atoms with Gasteiger partial charge in [-0.25, -0.2) is 4.79 Å². The molecule has 172 valence electrons. The van der Waals surface area contributed by atoms with Gasteiger partial charge in [0.25, 0.3) is 0 Å². The molecule has 0 aliphatic rings. The lowest BCUT2D eigenvalue weighted by atomic mass is 10.1. The smallest absolute Gasteiger partial charge is 0.322 e. The number of carbonyl (C=O) groups excluding carboxylic acids is 1. The van der Waals surface area contributed by atoms with Crippen LogP contribution >= 0.6 is 0 Å². The molecular weight excluding hydrogens is 424 g/mol. The van der Waals surface area contributed by atoms with Gasteiger partial charge in [-0.1, -0.05) is 72.8 Å². The van der Waals surface area contributed by atoms with Gasteiger partial charge in [-0.15, -0.1) is 0 Å². The Morgan fingerprint density at radius 1 is 0.676 bits per heavy atom. The molecule has 0 atom stereocenters. The SMILES string of the molecule is COc1ccc(NC(=O)N(Cc2ccccc2)Cc2ccc(OCc3ccccc3)cc2)cc1. The lowest BCUT2D eigenvalue weighted by Crippen LogP contribution is -2.34. The molecule has 0 aliphatic carbocycles. The fourth-order valence-corrected chi connectivity index (χ4v) is 3.53. The number of nitrogens with one attached hydrogen (secondary N) is 1. The zero-order valence-electron chi connectivity index (χ0n) is 19.2. The van der Waals surface area contributed by atoms with Gasteiger partial charge < -0.3 is 19.7 Å². The highest BCUT2D eigenvalue weighted by Gasteiger charge is 2.15. The molecule has 34 heavy (non-hydrogen) atoms. The molecule has 2 amide bonds. The van der Waals surface area contributed by atoms with Crippen LogP contribution in [0, 0.1) is 0 Å². The number of rotatable bonds is 9. The summed E-state index contributed by atoms with van der Waals surface area (Å²) in [6.45, 7) is 1.48. The first-order chi connectivity index (χ1) is 16.7. The Balaban J connectivity index is 1.43. The number of urea groups is 1. The first kappa shape index (κ1) is 22.9. The van der Waals surface area contributed by atoms with Crippen LogP contribution in [0.2, 0.25) is 0 Å². The van der Waals surface area contributed by atoms with Crippen molar-refractivity contribution in [3.8, 4) is 11.5 Å². The third kappa shape index (κ3) is 6.62. The van der Waals surface area contributed by atoms with Crippen molar-refractivity contribution in [2.24, 2.45) is 0 Å². The maximum atomic E-state index is 13.2. The fourth-order valence-electron chi connectivity index (χ4n) is 3.53. The monoisotopic (exact) mass is 452 g/mol. The van der Waals surface area contributed by atoms with Crippen molar-refractivity contribution in [3.05, 3.63) is 126 Å². The van der Waals surface area contributed by atoms with Crippen LogP contribution in [0.5, 0.6) is 11.5 Å². The number of hydrogen-bond donors (Lipinski definition) is 1. The highest BCUT2D eigenvalue weighted by Crippen LogP contribution is 2.19. The summed E-state index contributed by atoms with van der Waals surface area (Å²) < 4.78 is 11.1. The van der Waals surface area contributed by atoms with Crippen molar-refractivity contribution in [3.63, 3.8) is 0 Å². The molecule has 0 fully saturated rings. The van der Waals surface area contributed by atoms with Gasteiger partial charge in [0.15, 0.2) is 0 Å². The number of amides is 2. The van der Waals surface area contributed by atoms with Crippen molar-refractivity contribution >= 4 is 11.7 Å². The van der Waals surface area contributed by atoms with Gasteiger partial charge in [-0.3, -0.25) is 0 Å². The van der Waals surface area contributed by atoms with Crippen molar-refractivity contribution in [2.45, 2.75) is 19.7 Å². The van der Waals surface area contributed by atoms with Crippen LogP contribution in [0.15, 0.2) is 109 Å². The van der Waals surface area contributed by atoms with Crippen molar-refractivity contribution in [1.82, 2.24) is 4.90 Å². The average molecular weight is 453 g/mol. The van der Waals surface area contributed by atoms with Crippen LogP contribution in [0.3, 0.4) is 0 Å². The Kier molecular flexibility index (Phi) is 7.80. The second-order valence-corrected chi connectivity index (χ2v) is 7.92. The molecule has 0 radical (unpaired) electrons. The molecule has 1 N–H and O–H groups in total. The molecule has 0 bridgehead atoms. The third-order valence-corrected chi connectivity index (χ3v) is 5.39. The second-order valence-electron chi connectivity index (χ2n) is 7.92. The Labute approximate surface area is 200 Å². The Morgan fingerprint density at radius 3 is 1.79 bits per heavy atom. The number of carbonyl (C=O) groups is 1. The molecule has 0 spiro atoms. The molecule has 4 aromatic rings. The van der Waals surface area contributed by atoms with Crippen LogP contribution in [0.4, 0.5) is 10.5 Å². The van der Waals surface area contributed by atoms with E-state index in [1.54, 1.807) is 12.0 Å². The quantitative estimate of drug-likeness (QED) is 0.315.